The zero-order chi connectivity index (χ0) is 27.2. The average molecular weight is 524 g/mol. The molecule has 3 amide bonds. The fourth-order valence-electron chi connectivity index (χ4n) is 3.60. The highest BCUT2D eigenvalue weighted by atomic mass is 19.4. The van der Waals surface area contributed by atoms with Crippen LogP contribution in [0.15, 0.2) is 42.6 Å². The lowest BCUT2D eigenvalue weighted by atomic mass is 9.90. The minimum Gasteiger partial charge on any atom is -0.489 e. The monoisotopic (exact) mass is 524 g/mol. The number of hydrogen-bond donors (Lipinski definition) is 3. The van der Waals surface area contributed by atoms with Gasteiger partial charge < -0.3 is 24.9 Å². The smallest absolute Gasteiger partial charge is 0.489 e. The van der Waals surface area contributed by atoms with Crippen molar-refractivity contribution in [2.24, 2.45) is 5.92 Å². The number of benzene rings is 1. The minimum absolute atomic E-state index is 0.116. The fourth-order valence-corrected chi connectivity index (χ4v) is 3.60. The number of amides is 3. The van der Waals surface area contributed by atoms with Gasteiger partial charge >= 0.3 is 18.2 Å². The Hall–Kier alpha value is -4.36. The standard InChI is InChI=1S/C23H23F3N4O7/c1-13-15(3-2-9-27-13)12-36-16-6-4-14(5-7-16)19(31)28-18-11-30(22(34)35)10-8-17(18)20(32)29-37-21(33)23(24,25)26/h2-7,9,17-18H,8,10-12H2,1H3,(H,28,31)(H,29,32)(H,34,35)/t17-,18+/m0/s1. The van der Waals surface area contributed by atoms with E-state index in [1.807, 2.05) is 13.0 Å². The summed E-state index contributed by atoms with van der Waals surface area (Å²) >= 11 is 0. The molecular weight excluding hydrogens is 501 g/mol. The van der Waals surface area contributed by atoms with E-state index in [1.54, 1.807) is 24.4 Å². The molecule has 0 unspecified atom stereocenters. The Morgan fingerprint density at radius 3 is 2.49 bits per heavy atom. The van der Waals surface area contributed by atoms with Crippen LogP contribution in [-0.4, -0.2) is 64.2 Å². The van der Waals surface area contributed by atoms with Crippen LogP contribution in [0.4, 0.5) is 18.0 Å². The van der Waals surface area contributed by atoms with E-state index in [2.05, 4.69) is 15.1 Å². The second-order valence-electron chi connectivity index (χ2n) is 8.12. The molecule has 2 heterocycles. The van der Waals surface area contributed by atoms with Crippen molar-refractivity contribution < 1.29 is 47.0 Å². The quantitative estimate of drug-likeness (QED) is 0.488. The van der Waals surface area contributed by atoms with E-state index < -0.39 is 42.0 Å². The highest BCUT2D eigenvalue weighted by molar-refractivity contribution is 5.95. The second-order valence-corrected chi connectivity index (χ2v) is 8.12. The van der Waals surface area contributed by atoms with Crippen molar-refractivity contribution in [3.8, 4) is 5.75 Å². The van der Waals surface area contributed by atoms with E-state index >= 15 is 0 Å². The predicted molar refractivity (Wildman–Crippen MR) is 119 cm³/mol. The summed E-state index contributed by atoms with van der Waals surface area (Å²) in [6, 6.07) is 8.55. The highest BCUT2D eigenvalue weighted by Gasteiger charge is 2.43. The van der Waals surface area contributed by atoms with Gasteiger partial charge in [-0.15, -0.1) is 0 Å². The summed E-state index contributed by atoms with van der Waals surface area (Å²) in [6.45, 7) is 1.68. The molecule has 1 fully saturated rings. The molecule has 14 heteroatoms. The van der Waals surface area contributed by atoms with Crippen molar-refractivity contribution in [1.29, 1.82) is 0 Å². The lowest BCUT2D eigenvalue weighted by Crippen LogP contribution is -2.57. The predicted octanol–water partition coefficient (Wildman–Crippen LogP) is 2.20. The number of hydroxylamine groups is 1. The maximum atomic E-state index is 12.8. The first kappa shape index (κ1) is 27.2. The summed E-state index contributed by atoms with van der Waals surface area (Å²) in [7, 11) is 0. The van der Waals surface area contributed by atoms with Crippen LogP contribution in [0.3, 0.4) is 0 Å². The zero-order valence-corrected chi connectivity index (χ0v) is 19.4. The Labute approximate surface area is 208 Å². The molecule has 1 saturated heterocycles. The van der Waals surface area contributed by atoms with Crippen LogP contribution in [0.25, 0.3) is 0 Å². The number of nitrogens with one attached hydrogen (secondary N) is 2. The number of piperidine rings is 1. The molecule has 2 atom stereocenters. The van der Waals surface area contributed by atoms with Gasteiger partial charge in [0.1, 0.15) is 12.4 Å². The van der Waals surface area contributed by atoms with Crippen LogP contribution in [0.2, 0.25) is 0 Å². The van der Waals surface area contributed by atoms with Crippen LogP contribution >= 0.6 is 0 Å². The fraction of sp³-hybridized carbons (Fsp3) is 0.348. The number of carboxylic acid groups (broad SMARTS) is 1. The molecule has 1 aliphatic rings. The highest BCUT2D eigenvalue weighted by Crippen LogP contribution is 2.21. The largest absolute Gasteiger partial charge is 0.493 e. The molecule has 0 bridgehead atoms. The molecule has 0 radical (unpaired) electrons. The van der Waals surface area contributed by atoms with Gasteiger partial charge in [0.15, 0.2) is 0 Å². The van der Waals surface area contributed by atoms with E-state index in [0.29, 0.717) is 5.75 Å². The van der Waals surface area contributed by atoms with Crippen LogP contribution in [0, 0.1) is 12.8 Å². The van der Waals surface area contributed by atoms with Gasteiger partial charge in [-0.3, -0.25) is 14.6 Å². The van der Waals surface area contributed by atoms with Crippen molar-refractivity contribution >= 4 is 23.9 Å². The summed E-state index contributed by atoms with van der Waals surface area (Å²) in [4.78, 5) is 56.4. The topological polar surface area (TPSA) is 147 Å². The number of rotatable bonds is 6. The van der Waals surface area contributed by atoms with Crippen molar-refractivity contribution in [2.45, 2.75) is 32.2 Å². The molecule has 2 aromatic rings. The van der Waals surface area contributed by atoms with Crippen LogP contribution in [0.1, 0.15) is 28.0 Å². The molecule has 1 aromatic heterocycles. The van der Waals surface area contributed by atoms with Crippen molar-refractivity contribution in [3.63, 3.8) is 0 Å². The molecular formula is C23H23F3N4O7. The number of carbonyl (C=O) groups is 4. The van der Waals surface area contributed by atoms with Crippen molar-refractivity contribution in [1.82, 2.24) is 20.7 Å². The number of alkyl halides is 3. The Morgan fingerprint density at radius 1 is 1.16 bits per heavy atom. The van der Waals surface area contributed by atoms with E-state index in [-0.39, 0.29) is 31.7 Å². The summed E-state index contributed by atoms with van der Waals surface area (Å²) in [5, 5.41) is 11.8. The zero-order valence-electron chi connectivity index (χ0n) is 19.4. The Morgan fingerprint density at radius 2 is 1.86 bits per heavy atom. The van der Waals surface area contributed by atoms with E-state index in [9.17, 15) is 37.5 Å². The van der Waals surface area contributed by atoms with Gasteiger partial charge in [0, 0.05) is 36.1 Å². The number of hydrogen-bond acceptors (Lipinski definition) is 7. The van der Waals surface area contributed by atoms with Crippen LogP contribution in [0.5, 0.6) is 5.75 Å². The third-order valence-corrected chi connectivity index (χ3v) is 5.64. The number of ether oxygens (including phenoxy) is 1. The molecule has 3 N–H and O–H groups in total. The second kappa shape index (κ2) is 11.6. The molecule has 3 rings (SSSR count). The number of aryl methyl sites for hydroxylation is 1. The third kappa shape index (κ3) is 7.32. The first-order valence-electron chi connectivity index (χ1n) is 11.0. The molecule has 37 heavy (non-hydrogen) atoms. The first-order valence-corrected chi connectivity index (χ1v) is 11.0. The number of halogens is 3. The molecule has 0 spiro atoms. The molecule has 1 aliphatic heterocycles. The number of aromatic nitrogens is 1. The first-order chi connectivity index (χ1) is 17.5. The van der Waals surface area contributed by atoms with Gasteiger partial charge in [-0.2, -0.15) is 18.7 Å². The maximum absolute atomic E-state index is 12.8. The lowest BCUT2D eigenvalue weighted by Gasteiger charge is -2.36. The summed E-state index contributed by atoms with van der Waals surface area (Å²) in [5.74, 6) is -5.08. The summed E-state index contributed by atoms with van der Waals surface area (Å²) in [5.41, 5.74) is 3.30. The average Bonchev–Trinajstić information content (AvgIpc) is 2.86. The Balaban J connectivity index is 1.64. The van der Waals surface area contributed by atoms with Gasteiger partial charge in [0.25, 0.3) is 11.8 Å². The van der Waals surface area contributed by atoms with Gasteiger partial charge in [0.05, 0.1) is 12.0 Å². The maximum Gasteiger partial charge on any atom is 0.493 e. The number of nitrogens with zero attached hydrogens (tertiary/aromatic N) is 2. The van der Waals surface area contributed by atoms with Gasteiger partial charge in [-0.1, -0.05) is 6.07 Å². The summed E-state index contributed by atoms with van der Waals surface area (Å²) < 4.78 is 42.7. The summed E-state index contributed by atoms with van der Waals surface area (Å²) in [6.07, 6.45) is -5.09. The van der Waals surface area contributed by atoms with Crippen LogP contribution in [-0.2, 0) is 21.0 Å². The van der Waals surface area contributed by atoms with Crippen LogP contribution < -0.4 is 15.5 Å². The lowest BCUT2D eigenvalue weighted by molar-refractivity contribution is -0.208. The van der Waals surface area contributed by atoms with Gasteiger partial charge in [-0.25, -0.2) is 9.59 Å². The Bertz CT molecular complexity index is 1160. The third-order valence-electron chi connectivity index (χ3n) is 5.64. The SMILES string of the molecule is Cc1ncccc1COc1ccc(C(=O)N[C@@H]2CN(C(=O)O)CC[C@@H]2C(=O)NOC(=O)C(F)(F)F)cc1. The van der Waals surface area contributed by atoms with E-state index in [4.69, 9.17) is 4.74 Å². The molecule has 198 valence electrons. The van der Waals surface area contributed by atoms with E-state index in [1.165, 1.54) is 17.6 Å². The molecule has 11 nitrogen and oxygen atoms in total. The number of pyridine rings is 1. The number of carbonyl (C=O) groups excluding carboxylic acids is 3. The van der Waals surface area contributed by atoms with E-state index in [0.717, 1.165) is 16.2 Å². The normalized spacial score (nSPS) is 17.5. The van der Waals surface area contributed by atoms with Crippen molar-refractivity contribution in [3.05, 3.63) is 59.4 Å². The molecule has 0 saturated carbocycles. The van der Waals surface area contributed by atoms with Crippen molar-refractivity contribution in [2.75, 3.05) is 13.1 Å². The molecule has 1 aromatic carbocycles. The van der Waals surface area contributed by atoms with Gasteiger partial charge in [-0.05, 0) is 43.7 Å². The minimum atomic E-state index is -5.32. The Kier molecular flexibility index (Phi) is 8.52. The molecule has 0 aliphatic carbocycles. The number of likely N-dealkylation sites (tertiary alicyclic amines) is 1. The van der Waals surface area contributed by atoms with Gasteiger partial charge in [0.2, 0.25) is 0 Å².